The fourth-order valence-corrected chi connectivity index (χ4v) is 7.45. The van der Waals surface area contributed by atoms with Crippen LogP contribution in [-0.4, -0.2) is 64.5 Å². The molecule has 0 spiro atoms. The highest BCUT2D eigenvalue weighted by Gasteiger charge is 2.63. The summed E-state index contributed by atoms with van der Waals surface area (Å²) >= 11 is 6.38. The molecule has 2 atom stereocenters. The zero-order valence-corrected chi connectivity index (χ0v) is 24.9. The van der Waals surface area contributed by atoms with Gasteiger partial charge in [0.1, 0.15) is 28.5 Å². The summed E-state index contributed by atoms with van der Waals surface area (Å²) in [5, 5.41) is 0.0745. The van der Waals surface area contributed by atoms with Crippen molar-refractivity contribution in [1.82, 2.24) is 4.90 Å². The Morgan fingerprint density at radius 2 is 1.70 bits per heavy atom. The summed E-state index contributed by atoms with van der Waals surface area (Å²) in [6.45, 7) is 1.27. The van der Waals surface area contributed by atoms with Crippen LogP contribution in [0.2, 0.25) is 5.02 Å². The minimum atomic E-state index is -5.30. The normalized spacial score (nSPS) is 20.5. The summed E-state index contributed by atoms with van der Waals surface area (Å²) in [5.74, 6) is -2.78. The van der Waals surface area contributed by atoms with Gasteiger partial charge in [-0.05, 0) is 49.4 Å². The van der Waals surface area contributed by atoms with E-state index in [1.807, 2.05) is 0 Å². The summed E-state index contributed by atoms with van der Waals surface area (Å²) in [6.07, 6.45) is -5.09. The number of ether oxygens (including phenoxy) is 3. The third-order valence-corrected chi connectivity index (χ3v) is 9.44. The van der Waals surface area contributed by atoms with Crippen LogP contribution in [0.5, 0.6) is 17.2 Å². The number of anilines is 1. The van der Waals surface area contributed by atoms with Gasteiger partial charge in [0, 0.05) is 28.6 Å². The van der Waals surface area contributed by atoms with Crippen LogP contribution in [0.15, 0.2) is 59.5 Å². The Hall–Kier alpha value is -4.14. The summed E-state index contributed by atoms with van der Waals surface area (Å²) in [5.41, 5.74) is -1.78. The van der Waals surface area contributed by atoms with Crippen molar-refractivity contribution in [2.45, 2.75) is 36.2 Å². The van der Waals surface area contributed by atoms with E-state index in [9.17, 15) is 36.0 Å². The van der Waals surface area contributed by atoms with E-state index in [-0.39, 0.29) is 39.8 Å². The fourth-order valence-electron chi connectivity index (χ4n) is 5.72. The number of carbonyl (C=O) groups is 3. The van der Waals surface area contributed by atoms with Gasteiger partial charge in [0.2, 0.25) is 0 Å². The third kappa shape index (κ3) is 4.96. The summed E-state index contributed by atoms with van der Waals surface area (Å²) in [4.78, 5) is 40.3. The number of Topliss-reactive ketones (excluding diaryl/α,β-unsaturated/α-hetero) is 1. The van der Waals surface area contributed by atoms with Crippen LogP contribution in [0.3, 0.4) is 0 Å². The van der Waals surface area contributed by atoms with Crippen LogP contribution in [0.25, 0.3) is 0 Å². The van der Waals surface area contributed by atoms with Gasteiger partial charge in [-0.2, -0.15) is 0 Å². The Morgan fingerprint density at radius 1 is 0.977 bits per heavy atom. The molecule has 0 bridgehead atoms. The van der Waals surface area contributed by atoms with E-state index in [0.29, 0.717) is 16.2 Å². The molecule has 44 heavy (non-hydrogen) atoms. The number of alkyl halides is 3. The second-order valence-corrected chi connectivity index (χ2v) is 12.3. The first kappa shape index (κ1) is 31.3. The van der Waals surface area contributed by atoms with Gasteiger partial charge >= 0.3 is 6.36 Å². The molecule has 2 heterocycles. The highest BCUT2D eigenvalue weighted by atomic mass is 35.5. The minimum absolute atomic E-state index is 0.0316. The van der Waals surface area contributed by atoms with Gasteiger partial charge in [0.25, 0.3) is 15.9 Å². The molecule has 0 N–H and O–H groups in total. The molecule has 1 saturated heterocycles. The molecule has 3 aromatic carbocycles. The minimum Gasteiger partial charge on any atom is -0.497 e. The molecular formula is C29H24ClF3N2O8S. The molecule has 232 valence electrons. The van der Waals surface area contributed by atoms with Crippen molar-refractivity contribution < 1.29 is 50.2 Å². The molecule has 5 rings (SSSR count). The molecule has 0 radical (unpaired) electrons. The van der Waals surface area contributed by atoms with E-state index in [1.165, 1.54) is 36.3 Å². The van der Waals surface area contributed by atoms with Crippen molar-refractivity contribution >= 4 is 45.3 Å². The lowest BCUT2D eigenvalue weighted by Crippen LogP contribution is -2.57. The molecule has 15 heteroatoms. The zero-order valence-electron chi connectivity index (χ0n) is 23.3. The van der Waals surface area contributed by atoms with E-state index in [1.54, 1.807) is 19.1 Å². The Labute approximate surface area is 254 Å². The fraction of sp³-hybridized carbons (Fsp3) is 0.276. The SMILES string of the molecule is COc1ccc(S(=O)(=O)N2C(=O)C(c3cc(C)ccc3OC)(N3CC(=O)C[C@H]3C=O)c3cc(Cl)ccc32)c(OC(F)(F)F)c1. The lowest BCUT2D eigenvalue weighted by molar-refractivity contribution is -0.275. The van der Waals surface area contributed by atoms with Gasteiger partial charge in [-0.1, -0.05) is 23.2 Å². The second-order valence-electron chi connectivity index (χ2n) is 10.1. The van der Waals surface area contributed by atoms with Crippen molar-refractivity contribution in [2.75, 3.05) is 25.1 Å². The largest absolute Gasteiger partial charge is 0.573 e. The maximum Gasteiger partial charge on any atom is 0.573 e. The quantitative estimate of drug-likeness (QED) is 0.327. The van der Waals surface area contributed by atoms with Crippen LogP contribution >= 0.6 is 11.6 Å². The lowest BCUT2D eigenvalue weighted by atomic mass is 9.80. The van der Waals surface area contributed by atoms with Gasteiger partial charge in [-0.15, -0.1) is 13.2 Å². The van der Waals surface area contributed by atoms with E-state index in [4.69, 9.17) is 21.1 Å². The van der Waals surface area contributed by atoms with Gasteiger partial charge in [0.05, 0.1) is 32.5 Å². The Bertz CT molecular complexity index is 1800. The highest BCUT2D eigenvalue weighted by molar-refractivity contribution is 7.93. The smallest absolute Gasteiger partial charge is 0.497 e. The van der Waals surface area contributed by atoms with Gasteiger partial charge < -0.3 is 19.0 Å². The van der Waals surface area contributed by atoms with Crippen LogP contribution in [0.1, 0.15) is 23.1 Å². The molecule has 0 saturated carbocycles. The maximum atomic E-state index is 15.0. The standard InChI is InChI=1S/C29H24ClF3N2O8S/c1-16-4-8-24(42-3)22(10-16)28(34-14-19(37)12-18(34)15-36)21-11-17(30)5-7-23(21)35(27(28)38)44(39,40)26-9-6-20(41-2)13-25(26)43-29(31,32)33/h4-11,13,15,18H,12,14H2,1-3H3/t18-,28?/m0/s1. The number of methoxy groups -OCH3 is 2. The molecule has 10 nitrogen and oxygen atoms in total. The average molecular weight is 653 g/mol. The highest BCUT2D eigenvalue weighted by Crippen LogP contribution is 2.55. The first-order chi connectivity index (χ1) is 20.7. The van der Waals surface area contributed by atoms with Gasteiger partial charge in [-0.3, -0.25) is 14.5 Å². The first-order valence-corrected chi connectivity index (χ1v) is 14.7. The Balaban J connectivity index is 1.86. The van der Waals surface area contributed by atoms with Crippen molar-refractivity contribution in [1.29, 1.82) is 0 Å². The number of hydrogen-bond acceptors (Lipinski definition) is 9. The number of fused-ring (bicyclic) bond motifs is 1. The van der Waals surface area contributed by atoms with E-state index in [0.717, 1.165) is 25.3 Å². The van der Waals surface area contributed by atoms with E-state index in [2.05, 4.69) is 4.74 Å². The van der Waals surface area contributed by atoms with E-state index >= 15 is 0 Å². The van der Waals surface area contributed by atoms with Gasteiger partial charge in [0.15, 0.2) is 11.3 Å². The maximum absolute atomic E-state index is 15.0. The number of likely N-dealkylation sites (tertiary alicyclic amines) is 1. The first-order valence-electron chi connectivity index (χ1n) is 12.9. The monoisotopic (exact) mass is 652 g/mol. The summed E-state index contributed by atoms with van der Waals surface area (Å²) < 4.78 is 84.0. The number of benzene rings is 3. The van der Waals surface area contributed by atoms with Crippen LogP contribution < -0.4 is 18.5 Å². The number of nitrogens with zero attached hydrogens (tertiary/aromatic N) is 2. The number of rotatable bonds is 8. The number of hydrogen-bond donors (Lipinski definition) is 0. The number of aldehydes is 1. The number of carbonyl (C=O) groups excluding carboxylic acids is 3. The predicted molar refractivity (Wildman–Crippen MR) is 150 cm³/mol. The number of amides is 1. The van der Waals surface area contributed by atoms with Crippen molar-refractivity contribution in [3.8, 4) is 17.2 Å². The van der Waals surface area contributed by atoms with Crippen molar-refractivity contribution in [3.05, 3.63) is 76.3 Å². The number of ketones is 1. The van der Waals surface area contributed by atoms with Gasteiger partial charge in [-0.25, -0.2) is 12.7 Å². The molecule has 0 aromatic heterocycles. The molecule has 1 fully saturated rings. The zero-order chi connectivity index (χ0) is 32.2. The second kappa shape index (κ2) is 11.1. The van der Waals surface area contributed by atoms with Crippen molar-refractivity contribution in [3.63, 3.8) is 0 Å². The van der Waals surface area contributed by atoms with E-state index < -0.39 is 56.8 Å². The Morgan fingerprint density at radius 3 is 2.34 bits per heavy atom. The molecule has 1 amide bonds. The topological polar surface area (TPSA) is 120 Å². The summed E-state index contributed by atoms with van der Waals surface area (Å²) in [7, 11) is -2.72. The van der Waals surface area contributed by atoms with Crippen LogP contribution in [0.4, 0.5) is 18.9 Å². The third-order valence-electron chi connectivity index (χ3n) is 7.47. The number of sulfonamides is 1. The predicted octanol–water partition coefficient (Wildman–Crippen LogP) is 4.39. The number of halogens is 4. The lowest BCUT2D eigenvalue weighted by Gasteiger charge is -2.40. The average Bonchev–Trinajstić information content (AvgIpc) is 3.46. The Kier molecular flexibility index (Phi) is 7.89. The summed E-state index contributed by atoms with van der Waals surface area (Å²) in [6, 6.07) is 10.1. The molecule has 1 unspecified atom stereocenters. The van der Waals surface area contributed by atoms with Crippen molar-refractivity contribution in [2.24, 2.45) is 0 Å². The van der Waals surface area contributed by atoms with Crippen LogP contribution in [0, 0.1) is 6.92 Å². The molecular weight excluding hydrogens is 629 g/mol. The number of aryl methyl sites for hydroxylation is 1. The van der Waals surface area contributed by atoms with Crippen LogP contribution in [-0.2, 0) is 29.9 Å². The molecule has 3 aromatic rings. The molecule has 2 aliphatic heterocycles. The molecule has 0 aliphatic carbocycles. The molecule has 2 aliphatic rings.